The maximum atomic E-state index is 12.9. The molecule has 114 valence electrons. The Bertz CT molecular complexity index is 501. The van der Waals surface area contributed by atoms with Gasteiger partial charge in [-0.3, -0.25) is 4.79 Å². The summed E-state index contributed by atoms with van der Waals surface area (Å²) in [5.41, 5.74) is 1.95. The monoisotopic (exact) mass is 350 g/mol. The number of amides is 1. The lowest BCUT2D eigenvalue weighted by Crippen LogP contribution is -2.40. The predicted octanol–water partition coefficient (Wildman–Crippen LogP) is 3.36. The number of benzene rings is 1. The molecule has 21 heavy (non-hydrogen) atoms. The summed E-state index contributed by atoms with van der Waals surface area (Å²) in [6.07, 6.45) is 4.72. The van der Waals surface area contributed by atoms with Crippen molar-refractivity contribution in [1.29, 1.82) is 0 Å². The molecule has 0 unspecified atom stereocenters. The minimum absolute atomic E-state index is 0.209. The maximum absolute atomic E-state index is 12.9. The number of nitrogens with one attached hydrogen (secondary N) is 1. The molecule has 0 bridgehead atoms. The molecule has 1 amide bonds. The number of hydrogen-bond acceptors (Lipinski definition) is 2. The van der Waals surface area contributed by atoms with Gasteiger partial charge in [0.15, 0.2) is 0 Å². The highest BCUT2D eigenvalue weighted by molar-refractivity contribution is 9.10. The summed E-state index contributed by atoms with van der Waals surface area (Å²) < 4.78 is 0.989. The van der Waals surface area contributed by atoms with Gasteiger partial charge in [-0.05, 0) is 75.4 Å². The van der Waals surface area contributed by atoms with Crippen LogP contribution in [0.1, 0.15) is 41.6 Å². The number of nitrogens with zero attached hydrogens (tertiary/aromatic N) is 1. The molecule has 2 aliphatic rings. The van der Waals surface area contributed by atoms with E-state index in [9.17, 15) is 4.79 Å². The second-order valence-electron chi connectivity index (χ2n) is 6.40. The van der Waals surface area contributed by atoms with Crippen molar-refractivity contribution in [3.05, 3.63) is 33.8 Å². The standard InChI is InChI=1S/C17H23BrN2O/c1-12-8-14(10-15(18)9-12)17(21)20(16-2-3-16)11-13-4-6-19-7-5-13/h8-10,13,16,19H,2-7,11H2,1H3. The summed E-state index contributed by atoms with van der Waals surface area (Å²) >= 11 is 3.50. The molecule has 3 rings (SSSR count). The third-order valence-electron chi connectivity index (χ3n) is 4.45. The molecule has 0 radical (unpaired) electrons. The Morgan fingerprint density at radius 2 is 1.95 bits per heavy atom. The number of piperidine rings is 1. The van der Waals surface area contributed by atoms with Crippen LogP contribution in [0.5, 0.6) is 0 Å². The summed E-state index contributed by atoms with van der Waals surface area (Å²) in [5.74, 6) is 0.865. The van der Waals surface area contributed by atoms with Gasteiger partial charge >= 0.3 is 0 Å². The summed E-state index contributed by atoms with van der Waals surface area (Å²) in [7, 11) is 0. The Hall–Kier alpha value is -0.870. The minimum Gasteiger partial charge on any atom is -0.335 e. The van der Waals surface area contributed by atoms with E-state index in [0.717, 1.165) is 35.2 Å². The molecule has 1 saturated heterocycles. The van der Waals surface area contributed by atoms with Gasteiger partial charge in [-0.1, -0.05) is 15.9 Å². The molecule has 1 aliphatic carbocycles. The molecule has 4 heteroatoms. The first-order valence-corrected chi connectivity index (χ1v) is 8.71. The lowest BCUT2D eigenvalue weighted by atomic mass is 9.97. The fourth-order valence-corrected chi connectivity index (χ4v) is 3.76. The smallest absolute Gasteiger partial charge is 0.254 e. The molecule has 3 nitrogen and oxygen atoms in total. The Morgan fingerprint density at radius 1 is 1.24 bits per heavy atom. The molecule has 2 fully saturated rings. The van der Waals surface area contributed by atoms with Crippen molar-refractivity contribution < 1.29 is 4.79 Å². The summed E-state index contributed by atoms with van der Waals surface area (Å²) in [6, 6.07) is 6.48. The molecule has 1 aliphatic heterocycles. The maximum Gasteiger partial charge on any atom is 0.254 e. The summed E-state index contributed by atoms with van der Waals surface area (Å²) in [4.78, 5) is 15.0. The van der Waals surface area contributed by atoms with Gasteiger partial charge in [0.25, 0.3) is 5.91 Å². The fourth-order valence-electron chi connectivity index (χ4n) is 3.15. The van der Waals surface area contributed by atoms with Gasteiger partial charge in [-0.2, -0.15) is 0 Å². The highest BCUT2D eigenvalue weighted by Crippen LogP contribution is 2.31. The van der Waals surface area contributed by atoms with Crippen LogP contribution >= 0.6 is 15.9 Å². The number of hydrogen-bond donors (Lipinski definition) is 1. The van der Waals surface area contributed by atoms with E-state index in [1.807, 2.05) is 25.1 Å². The zero-order chi connectivity index (χ0) is 14.8. The molecular formula is C17H23BrN2O. The molecule has 1 N–H and O–H groups in total. The SMILES string of the molecule is Cc1cc(Br)cc(C(=O)N(CC2CCNCC2)C2CC2)c1. The largest absolute Gasteiger partial charge is 0.335 e. The van der Waals surface area contributed by atoms with Crippen molar-refractivity contribution in [2.75, 3.05) is 19.6 Å². The Labute approximate surface area is 135 Å². The number of halogens is 1. The second-order valence-corrected chi connectivity index (χ2v) is 7.31. The second kappa shape index (κ2) is 6.49. The van der Waals surface area contributed by atoms with Crippen LogP contribution in [0, 0.1) is 12.8 Å². The quantitative estimate of drug-likeness (QED) is 0.902. The average Bonchev–Trinajstić information content (AvgIpc) is 3.29. The van der Waals surface area contributed by atoms with Crippen LogP contribution in [0.3, 0.4) is 0 Å². The van der Waals surface area contributed by atoms with Gasteiger partial charge in [-0.15, -0.1) is 0 Å². The van der Waals surface area contributed by atoms with Crippen LogP contribution < -0.4 is 5.32 Å². The number of carbonyl (C=O) groups is 1. The van der Waals surface area contributed by atoms with Crippen LogP contribution in [0.15, 0.2) is 22.7 Å². The van der Waals surface area contributed by atoms with Crippen molar-refractivity contribution >= 4 is 21.8 Å². The molecule has 0 atom stereocenters. The van der Waals surface area contributed by atoms with Crippen LogP contribution in [0.25, 0.3) is 0 Å². The van der Waals surface area contributed by atoms with Gasteiger partial charge < -0.3 is 10.2 Å². The zero-order valence-electron chi connectivity index (χ0n) is 12.6. The number of aryl methyl sites for hydroxylation is 1. The van der Waals surface area contributed by atoms with Gasteiger partial charge in [0.1, 0.15) is 0 Å². The van der Waals surface area contributed by atoms with Gasteiger partial charge in [0.05, 0.1) is 0 Å². The van der Waals surface area contributed by atoms with E-state index in [-0.39, 0.29) is 5.91 Å². The first-order valence-electron chi connectivity index (χ1n) is 7.92. The molecule has 0 spiro atoms. The molecule has 1 aromatic carbocycles. The molecule has 1 saturated carbocycles. The topological polar surface area (TPSA) is 32.3 Å². The Balaban J connectivity index is 1.74. The third-order valence-corrected chi connectivity index (χ3v) is 4.91. The van der Waals surface area contributed by atoms with E-state index < -0.39 is 0 Å². The fraction of sp³-hybridized carbons (Fsp3) is 0.588. The summed E-state index contributed by atoms with van der Waals surface area (Å²) in [6.45, 7) is 5.15. The van der Waals surface area contributed by atoms with Crippen molar-refractivity contribution in [1.82, 2.24) is 10.2 Å². The normalized spacial score (nSPS) is 19.5. The van der Waals surface area contributed by atoms with E-state index in [4.69, 9.17) is 0 Å². The van der Waals surface area contributed by atoms with Crippen molar-refractivity contribution in [2.24, 2.45) is 5.92 Å². The molecule has 1 aromatic rings. The highest BCUT2D eigenvalue weighted by atomic mass is 79.9. The van der Waals surface area contributed by atoms with Crippen molar-refractivity contribution in [3.63, 3.8) is 0 Å². The Kier molecular flexibility index (Phi) is 4.65. The molecular weight excluding hydrogens is 328 g/mol. The van der Waals surface area contributed by atoms with Gasteiger partial charge in [-0.25, -0.2) is 0 Å². The first-order chi connectivity index (χ1) is 10.1. The Morgan fingerprint density at radius 3 is 2.57 bits per heavy atom. The van der Waals surface area contributed by atoms with Crippen LogP contribution in [-0.4, -0.2) is 36.5 Å². The van der Waals surface area contributed by atoms with E-state index >= 15 is 0 Å². The third kappa shape index (κ3) is 3.86. The van der Waals surface area contributed by atoms with E-state index in [0.29, 0.717) is 12.0 Å². The van der Waals surface area contributed by atoms with Crippen LogP contribution in [0.4, 0.5) is 0 Å². The van der Waals surface area contributed by atoms with Crippen LogP contribution in [0.2, 0.25) is 0 Å². The van der Waals surface area contributed by atoms with Gasteiger partial charge in [0, 0.05) is 22.6 Å². The lowest BCUT2D eigenvalue weighted by Gasteiger charge is -2.30. The van der Waals surface area contributed by atoms with Crippen molar-refractivity contribution in [2.45, 2.75) is 38.6 Å². The minimum atomic E-state index is 0.209. The number of carbonyl (C=O) groups excluding carboxylic acids is 1. The highest BCUT2D eigenvalue weighted by Gasteiger charge is 2.34. The predicted molar refractivity (Wildman–Crippen MR) is 88.5 cm³/mol. The number of rotatable bonds is 4. The van der Waals surface area contributed by atoms with E-state index in [1.165, 1.54) is 25.7 Å². The zero-order valence-corrected chi connectivity index (χ0v) is 14.2. The average molecular weight is 351 g/mol. The van der Waals surface area contributed by atoms with E-state index in [1.54, 1.807) is 0 Å². The molecule has 0 aromatic heterocycles. The van der Waals surface area contributed by atoms with Crippen LogP contribution in [-0.2, 0) is 0 Å². The van der Waals surface area contributed by atoms with E-state index in [2.05, 4.69) is 26.1 Å². The molecule has 1 heterocycles. The summed E-state index contributed by atoms with van der Waals surface area (Å²) in [5, 5.41) is 3.40. The van der Waals surface area contributed by atoms with Crippen molar-refractivity contribution in [3.8, 4) is 0 Å². The lowest BCUT2D eigenvalue weighted by molar-refractivity contribution is 0.0701. The van der Waals surface area contributed by atoms with Gasteiger partial charge in [0.2, 0.25) is 0 Å². The first kappa shape index (κ1) is 15.0.